The topological polar surface area (TPSA) is 3.24 Å². The maximum absolute atomic E-state index is 2.35. The van der Waals surface area contributed by atoms with Gasteiger partial charge in [0.25, 0.3) is 0 Å². The molecule has 7 aromatic carbocycles. The molecule has 48 heavy (non-hydrogen) atoms. The van der Waals surface area contributed by atoms with Crippen LogP contribution < -0.4 is 4.90 Å². The van der Waals surface area contributed by atoms with E-state index in [4.69, 9.17) is 0 Å². The Labute approximate surface area is 285 Å². The molecule has 0 aliphatic rings. The number of aryl methyl sites for hydroxylation is 1. The van der Waals surface area contributed by atoms with Crippen molar-refractivity contribution in [3.8, 4) is 0 Å². The molecule has 0 aromatic heterocycles. The van der Waals surface area contributed by atoms with Crippen LogP contribution in [0.2, 0.25) is 0 Å². The Bertz CT molecular complexity index is 1970. The minimum atomic E-state index is 0.295. The van der Waals surface area contributed by atoms with E-state index in [0.717, 1.165) is 29.0 Å². The van der Waals surface area contributed by atoms with Crippen molar-refractivity contribution in [2.24, 2.45) is 0 Å². The number of hydrogen-bond acceptors (Lipinski definition) is 1. The summed E-state index contributed by atoms with van der Waals surface area (Å²) in [6.07, 6.45) is 3.22. The van der Waals surface area contributed by atoms with E-state index in [0.29, 0.717) is 5.92 Å². The van der Waals surface area contributed by atoms with Crippen molar-refractivity contribution in [3.63, 3.8) is 0 Å². The molecule has 0 unspecified atom stereocenters. The highest BCUT2D eigenvalue weighted by molar-refractivity contribution is 5.91. The van der Waals surface area contributed by atoms with Crippen LogP contribution in [-0.4, -0.2) is 0 Å². The highest BCUT2D eigenvalue weighted by Gasteiger charge is 2.17. The number of nitrogens with zero attached hydrogens (tertiary/aromatic N) is 1. The van der Waals surface area contributed by atoms with E-state index in [1.807, 2.05) is 0 Å². The Hall–Kier alpha value is -5.92. The Morgan fingerprint density at radius 3 is 1.31 bits per heavy atom. The molecule has 0 fully saturated rings. The molecule has 1 nitrogen and oxygen atoms in total. The molecular weight excluding hydrogens is 579 g/mol. The quantitative estimate of drug-likeness (QED) is 0.138. The van der Waals surface area contributed by atoms with Crippen LogP contribution in [0.3, 0.4) is 0 Å². The standard InChI is InChI=1S/C47H39N/c1-36-22-28-43(29-23-36)48(44-30-24-37(25-31-44)34-46(39-14-6-2-7-15-39)40-16-8-3-9-17-40)45-32-26-38(27-33-45)35-47(41-18-10-4-11-19-41)42-20-12-5-13-21-42/h2-34,47H,35H2,1H3. The first kappa shape index (κ1) is 30.7. The summed E-state index contributed by atoms with van der Waals surface area (Å²) in [5, 5.41) is 0. The second kappa shape index (κ2) is 14.7. The highest BCUT2D eigenvalue weighted by Crippen LogP contribution is 2.36. The van der Waals surface area contributed by atoms with Gasteiger partial charge in [0, 0.05) is 23.0 Å². The van der Waals surface area contributed by atoms with Gasteiger partial charge in [-0.1, -0.05) is 163 Å². The molecule has 0 saturated heterocycles. The van der Waals surface area contributed by atoms with E-state index in [1.165, 1.54) is 39.0 Å². The van der Waals surface area contributed by atoms with Crippen molar-refractivity contribution in [1.29, 1.82) is 0 Å². The molecule has 0 bridgehead atoms. The summed E-state index contributed by atoms with van der Waals surface area (Å²) in [5.41, 5.74) is 13.4. The zero-order chi connectivity index (χ0) is 32.5. The summed E-state index contributed by atoms with van der Waals surface area (Å²) in [7, 11) is 0. The second-order valence-electron chi connectivity index (χ2n) is 12.3. The molecule has 7 rings (SSSR count). The van der Waals surface area contributed by atoms with Crippen LogP contribution in [0.25, 0.3) is 11.6 Å². The van der Waals surface area contributed by atoms with Crippen molar-refractivity contribution in [2.75, 3.05) is 4.90 Å². The van der Waals surface area contributed by atoms with Gasteiger partial charge in [0.05, 0.1) is 0 Å². The Balaban J connectivity index is 1.21. The highest BCUT2D eigenvalue weighted by atomic mass is 15.1. The molecule has 0 amide bonds. The molecule has 7 aromatic rings. The number of benzene rings is 7. The van der Waals surface area contributed by atoms with E-state index < -0.39 is 0 Å². The Morgan fingerprint density at radius 1 is 0.458 bits per heavy atom. The summed E-state index contributed by atoms with van der Waals surface area (Å²) in [5.74, 6) is 0.295. The van der Waals surface area contributed by atoms with Gasteiger partial charge >= 0.3 is 0 Å². The normalized spacial score (nSPS) is 10.9. The van der Waals surface area contributed by atoms with Gasteiger partial charge in [-0.2, -0.15) is 0 Å². The van der Waals surface area contributed by atoms with Crippen LogP contribution in [0.4, 0.5) is 17.1 Å². The SMILES string of the molecule is Cc1ccc(N(c2ccc(C=C(c3ccccc3)c3ccccc3)cc2)c2ccc(CC(c3ccccc3)c3ccccc3)cc2)cc1. The molecule has 0 radical (unpaired) electrons. The molecule has 0 atom stereocenters. The molecule has 0 saturated carbocycles. The van der Waals surface area contributed by atoms with Crippen LogP contribution >= 0.6 is 0 Å². The summed E-state index contributed by atoms with van der Waals surface area (Å²) in [6.45, 7) is 2.14. The van der Waals surface area contributed by atoms with Crippen molar-refractivity contribution < 1.29 is 0 Å². The van der Waals surface area contributed by atoms with Gasteiger partial charge in [-0.15, -0.1) is 0 Å². The summed E-state index contributed by atoms with van der Waals surface area (Å²) in [4.78, 5) is 2.35. The van der Waals surface area contributed by atoms with Crippen LogP contribution in [-0.2, 0) is 6.42 Å². The van der Waals surface area contributed by atoms with Gasteiger partial charge in [-0.3, -0.25) is 0 Å². The fourth-order valence-corrected chi connectivity index (χ4v) is 6.41. The number of hydrogen-bond donors (Lipinski definition) is 0. The van der Waals surface area contributed by atoms with Crippen LogP contribution in [0.1, 0.15) is 44.9 Å². The third-order valence-corrected chi connectivity index (χ3v) is 8.96. The average molecular weight is 618 g/mol. The molecule has 0 N–H and O–H groups in total. The van der Waals surface area contributed by atoms with Crippen molar-refractivity contribution >= 4 is 28.7 Å². The molecular formula is C47H39N. The van der Waals surface area contributed by atoms with Gasteiger partial charge in [0.2, 0.25) is 0 Å². The lowest BCUT2D eigenvalue weighted by molar-refractivity contribution is 0.805. The predicted octanol–water partition coefficient (Wildman–Crippen LogP) is 12.4. The predicted molar refractivity (Wildman–Crippen MR) is 204 cm³/mol. The van der Waals surface area contributed by atoms with Crippen molar-refractivity contribution in [1.82, 2.24) is 0 Å². The lowest BCUT2D eigenvalue weighted by Gasteiger charge is -2.26. The van der Waals surface area contributed by atoms with E-state index >= 15 is 0 Å². The minimum absolute atomic E-state index is 0.295. The smallest absolute Gasteiger partial charge is 0.0462 e. The third kappa shape index (κ3) is 7.22. The zero-order valence-corrected chi connectivity index (χ0v) is 27.3. The first-order valence-corrected chi connectivity index (χ1v) is 16.7. The number of anilines is 3. The van der Waals surface area contributed by atoms with Gasteiger partial charge in [-0.25, -0.2) is 0 Å². The molecule has 0 aliphatic carbocycles. The van der Waals surface area contributed by atoms with Gasteiger partial charge in [0.15, 0.2) is 0 Å². The summed E-state index contributed by atoms with van der Waals surface area (Å²) in [6, 6.07) is 69.8. The van der Waals surface area contributed by atoms with Crippen molar-refractivity contribution in [2.45, 2.75) is 19.3 Å². The Kier molecular flexibility index (Phi) is 9.39. The lowest BCUT2D eigenvalue weighted by atomic mass is 9.86. The maximum atomic E-state index is 2.35. The molecule has 0 heterocycles. The van der Waals surface area contributed by atoms with Crippen LogP contribution in [0.15, 0.2) is 194 Å². The van der Waals surface area contributed by atoms with Gasteiger partial charge in [0.1, 0.15) is 0 Å². The Morgan fingerprint density at radius 2 is 0.854 bits per heavy atom. The second-order valence-corrected chi connectivity index (χ2v) is 12.3. The van der Waals surface area contributed by atoms with Crippen LogP contribution in [0, 0.1) is 6.92 Å². The summed E-state index contributed by atoms with van der Waals surface area (Å²) < 4.78 is 0. The fraction of sp³-hybridized carbons (Fsp3) is 0.0638. The lowest BCUT2D eigenvalue weighted by Crippen LogP contribution is -2.10. The van der Waals surface area contributed by atoms with Crippen molar-refractivity contribution in [3.05, 3.63) is 233 Å². The minimum Gasteiger partial charge on any atom is -0.311 e. The maximum Gasteiger partial charge on any atom is 0.0462 e. The third-order valence-electron chi connectivity index (χ3n) is 8.96. The average Bonchev–Trinajstić information content (AvgIpc) is 3.16. The van der Waals surface area contributed by atoms with E-state index in [-0.39, 0.29) is 0 Å². The molecule has 232 valence electrons. The number of rotatable bonds is 10. The summed E-state index contributed by atoms with van der Waals surface area (Å²) >= 11 is 0. The monoisotopic (exact) mass is 617 g/mol. The van der Waals surface area contributed by atoms with Crippen LogP contribution in [0.5, 0.6) is 0 Å². The van der Waals surface area contributed by atoms with Gasteiger partial charge in [-0.05, 0) is 94.8 Å². The van der Waals surface area contributed by atoms with E-state index in [1.54, 1.807) is 0 Å². The van der Waals surface area contributed by atoms with E-state index in [9.17, 15) is 0 Å². The zero-order valence-electron chi connectivity index (χ0n) is 27.3. The van der Waals surface area contributed by atoms with Gasteiger partial charge < -0.3 is 4.90 Å². The first-order chi connectivity index (χ1) is 23.7. The molecule has 0 spiro atoms. The van der Waals surface area contributed by atoms with E-state index in [2.05, 4.69) is 212 Å². The largest absolute Gasteiger partial charge is 0.311 e. The molecule has 1 heteroatoms. The molecule has 0 aliphatic heterocycles. The fourth-order valence-electron chi connectivity index (χ4n) is 6.41. The first-order valence-electron chi connectivity index (χ1n) is 16.7.